The molecule has 8 amide bonds. The number of aliphatic imine (C=N–C) groups is 1. The Hall–Kier alpha value is -7.26. The van der Waals surface area contributed by atoms with Gasteiger partial charge in [-0.2, -0.15) is 0 Å². The van der Waals surface area contributed by atoms with Crippen molar-refractivity contribution < 1.29 is 53.4 Å². The van der Waals surface area contributed by atoms with Crippen LogP contribution in [0.2, 0.25) is 0 Å². The largest absolute Gasteiger partial charge is 0.480 e. The zero-order valence-electron chi connectivity index (χ0n) is 47.3. The number of aliphatic carboxylic acids is 1. The van der Waals surface area contributed by atoms with Gasteiger partial charge in [0.15, 0.2) is 5.96 Å². The van der Waals surface area contributed by atoms with E-state index < -0.39 is 126 Å². The van der Waals surface area contributed by atoms with E-state index >= 15 is 0 Å². The van der Waals surface area contributed by atoms with Crippen LogP contribution in [-0.2, 0) is 56.0 Å². The Morgan fingerprint density at radius 1 is 0.444 bits per heavy atom. The molecule has 2 aromatic carbocycles. The third-order valence-corrected chi connectivity index (χ3v) is 13.2. The average molecular weight is 1140 g/mol. The smallest absolute Gasteiger partial charge is 0.326 e. The number of carbonyl (C=O) groups is 9. The van der Waals surface area contributed by atoms with E-state index in [4.69, 9.17) is 34.4 Å². The highest BCUT2D eigenvalue weighted by molar-refractivity contribution is 5.98. The summed E-state index contributed by atoms with van der Waals surface area (Å²) in [6.45, 7) is 6.69. The summed E-state index contributed by atoms with van der Waals surface area (Å²) in [6.07, 6.45) is 3.23. The van der Waals surface area contributed by atoms with Gasteiger partial charge < -0.3 is 87.1 Å². The lowest BCUT2D eigenvalue weighted by molar-refractivity contribution is -0.143. The first-order valence-electron chi connectivity index (χ1n) is 27.8. The van der Waals surface area contributed by atoms with Crippen LogP contribution in [-0.4, -0.2) is 157 Å². The van der Waals surface area contributed by atoms with Gasteiger partial charge in [-0.25, -0.2) is 4.79 Å². The SMILES string of the molecule is CC(C)[C@H](NC(=O)[C@H](CCCCN)NC(=O)[C@H](Cc1ccccc1)NC(=O)[C@H](Cc1ccccc1)NC(=O)[C@H](CO)NC(=O)[C@H](CCCCN)NC(=O)[C@H](CCCN=C(N)N)NC(=O)[C@@H](NC(=O)[C@@H](N)CCCCN)C(C)C)C(=O)O. The van der Waals surface area contributed by atoms with Crippen LogP contribution in [0.3, 0.4) is 0 Å². The number of aliphatic hydroxyl groups is 1. The minimum Gasteiger partial charge on any atom is -0.480 e. The third kappa shape index (κ3) is 26.7. The summed E-state index contributed by atoms with van der Waals surface area (Å²) in [4.78, 5) is 128. The minimum absolute atomic E-state index is 0.00671. The van der Waals surface area contributed by atoms with Gasteiger partial charge in [0.1, 0.15) is 48.3 Å². The Bertz CT molecular complexity index is 2310. The highest BCUT2D eigenvalue weighted by atomic mass is 16.4. The number of hydrogen-bond donors (Lipinski definition) is 16. The molecular formula is C55H91N15O11. The third-order valence-electron chi connectivity index (χ3n) is 13.2. The molecule has 452 valence electrons. The van der Waals surface area contributed by atoms with Crippen molar-refractivity contribution in [3.05, 3.63) is 71.8 Å². The van der Waals surface area contributed by atoms with Gasteiger partial charge in [0.2, 0.25) is 47.3 Å². The second-order valence-electron chi connectivity index (χ2n) is 20.6. The fraction of sp³-hybridized carbons (Fsp3) is 0.600. The van der Waals surface area contributed by atoms with Crippen LogP contribution in [0, 0.1) is 11.8 Å². The van der Waals surface area contributed by atoms with Gasteiger partial charge in [-0.15, -0.1) is 0 Å². The van der Waals surface area contributed by atoms with Gasteiger partial charge in [-0.1, -0.05) is 94.8 Å². The maximum absolute atomic E-state index is 14.6. The van der Waals surface area contributed by atoms with Crippen LogP contribution >= 0.6 is 0 Å². The molecule has 2 aromatic rings. The van der Waals surface area contributed by atoms with Crippen LogP contribution in [0.5, 0.6) is 0 Å². The lowest BCUT2D eigenvalue weighted by Crippen LogP contribution is -2.61. The number of carbonyl (C=O) groups excluding carboxylic acids is 8. The molecule has 0 spiro atoms. The zero-order chi connectivity index (χ0) is 60.4. The Kier molecular flexibility index (Phi) is 33.1. The van der Waals surface area contributed by atoms with Crippen LogP contribution in [0.1, 0.15) is 109 Å². The van der Waals surface area contributed by atoms with Gasteiger partial charge in [0.25, 0.3) is 0 Å². The summed E-state index contributed by atoms with van der Waals surface area (Å²) in [7, 11) is 0. The molecule has 0 radical (unpaired) electrons. The van der Waals surface area contributed by atoms with E-state index in [0.29, 0.717) is 69.2 Å². The molecule has 0 bridgehead atoms. The number of nitrogens with two attached hydrogens (primary N) is 6. The van der Waals surface area contributed by atoms with Gasteiger partial charge in [-0.05, 0) is 107 Å². The monoisotopic (exact) mass is 1140 g/mol. The lowest BCUT2D eigenvalue weighted by atomic mass is 10.0. The van der Waals surface area contributed by atoms with Crippen molar-refractivity contribution in [2.75, 3.05) is 32.8 Å². The molecular weight excluding hydrogens is 1050 g/mol. The molecule has 0 aliphatic rings. The highest BCUT2D eigenvalue weighted by Crippen LogP contribution is 2.13. The maximum atomic E-state index is 14.6. The number of rotatable bonds is 40. The number of amides is 8. The fourth-order valence-corrected chi connectivity index (χ4v) is 8.43. The Labute approximate surface area is 475 Å². The molecule has 22 N–H and O–H groups in total. The van der Waals surface area contributed by atoms with Crippen molar-refractivity contribution in [1.29, 1.82) is 0 Å². The van der Waals surface area contributed by atoms with Gasteiger partial charge >= 0.3 is 5.97 Å². The summed E-state index contributed by atoms with van der Waals surface area (Å²) in [5.74, 6) is -8.83. The number of unbranched alkanes of at least 4 members (excludes halogenated alkanes) is 3. The molecule has 0 heterocycles. The Balaban J connectivity index is 2.50. The fourth-order valence-electron chi connectivity index (χ4n) is 8.43. The molecule has 26 nitrogen and oxygen atoms in total. The number of nitrogens with zero attached hydrogens (tertiary/aromatic N) is 1. The Morgan fingerprint density at radius 3 is 1.19 bits per heavy atom. The first kappa shape index (κ1) is 69.8. The first-order valence-corrected chi connectivity index (χ1v) is 27.8. The molecule has 0 fully saturated rings. The number of nitrogens with one attached hydrogen (secondary N) is 8. The van der Waals surface area contributed by atoms with E-state index in [1.165, 1.54) is 0 Å². The van der Waals surface area contributed by atoms with Crippen molar-refractivity contribution in [2.45, 2.75) is 166 Å². The molecule has 81 heavy (non-hydrogen) atoms. The van der Waals surface area contributed by atoms with E-state index in [-0.39, 0.29) is 57.6 Å². The first-order chi connectivity index (χ1) is 38.6. The normalized spacial score (nSPS) is 14.5. The number of benzene rings is 2. The molecule has 0 aliphatic carbocycles. The summed E-state index contributed by atoms with van der Waals surface area (Å²) in [5, 5.41) is 41.5. The van der Waals surface area contributed by atoms with Crippen LogP contribution < -0.4 is 76.9 Å². The number of carboxylic acid groups (broad SMARTS) is 1. The molecule has 0 unspecified atom stereocenters. The van der Waals surface area contributed by atoms with Crippen LogP contribution in [0.15, 0.2) is 65.7 Å². The molecule has 0 saturated heterocycles. The van der Waals surface area contributed by atoms with Gasteiger partial charge in [0, 0.05) is 19.4 Å². The maximum Gasteiger partial charge on any atom is 0.326 e. The summed E-state index contributed by atoms with van der Waals surface area (Å²) >= 11 is 0. The zero-order valence-corrected chi connectivity index (χ0v) is 47.3. The number of carboxylic acids is 1. The molecule has 0 aliphatic heterocycles. The van der Waals surface area contributed by atoms with Gasteiger partial charge in [-0.3, -0.25) is 43.3 Å². The topological polar surface area (TPSA) is 459 Å². The second kappa shape index (κ2) is 38.4. The highest BCUT2D eigenvalue weighted by Gasteiger charge is 2.36. The molecule has 9 atom stereocenters. The summed E-state index contributed by atoms with van der Waals surface area (Å²) < 4.78 is 0. The van der Waals surface area contributed by atoms with E-state index in [9.17, 15) is 53.4 Å². The van der Waals surface area contributed by atoms with Crippen molar-refractivity contribution in [3.8, 4) is 0 Å². The van der Waals surface area contributed by atoms with E-state index in [1.807, 2.05) is 0 Å². The van der Waals surface area contributed by atoms with Crippen molar-refractivity contribution in [1.82, 2.24) is 42.5 Å². The van der Waals surface area contributed by atoms with E-state index in [0.717, 1.165) is 0 Å². The van der Waals surface area contributed by atoms with Crippen molar-refractivity contribution in [3.63, 3.8) is 0 Å². The van der Waals surface area contributed by atoms with Crippen LogP contribution in [0.4, 0.5) is 0 Å². The van der Waals surface area contributed by atoms with Crippen molar-refractivity contribution in [2.24, 2.45) is 51.2 Å². The number of aliphatic hydroxyl groups excluding tert-OH is 1. The van der Waals surface area contributed by atoms with Crippen molar-refractivity contribution >= 4 is 59.2 Å². The standard InChI is InChI=1S/C55H91N15O11/c1-33(2)44(69-46(72)37(59)22-11-14-26-56)53(79)65-40(25-17-29-62-55(60)61)47(73)63-38(23-12-15-27-57)48(74)68-43(32-71)52(78)67-42(31-36-20-9-6-10-21-36)51(77)66-41(30-35-18-7-5-8-19-35)50(76)64-39(24-13-16-28-58)49(75)70-45(34(3)4)54(80)81/h5-10,18-21,33-34,37-45,71H,11-17,22-32,56-59H2,1-4H3,(H,63,73)(H,64,76)(H,65,79)(H,66,77)(H,67,78)(H,68,74)(H,69,72)(H,70,75)(H,80,81)(H4,60,61,62)/t37-,38-,39-,40-,41-,42-,43-,44-,45-/m0/s1. The second-order valence-corrected chi connectivity index (χ2v) is 20.6. The summed E-state index contributed by atoms with van der Waals surface area (Å²) in [6, 6.07) is 5.51. The van der Waals surface area contributed by atoms with E-state index in [2.05, 4.69) is 47.5 Å². The van der Waals surface area contributed by atoms with Gasteiger partial charge in [0.05, 0.1) is 12.6 Å². The Morgan fingerprint density at radius 2 is 0.790 bits per heavy atom. The summed E-state index contributed by atoms with van der Waals surface area (Å²) in [5.41, 5.74) is 35.4. The molecule has 0 aromatic heterocycles. The lowest BCUT2D eigenvalue weighted by Gasteiger charge is -2.28. The predicted molar refractivity (Wildman–Crippen MR) is 307 cm³/mol. The van der Waals surface area contributed by atoms with E-state index in [1.54, 1.807) is 88.4 Å². The average Bonchev–Trinajstić information content (AvgIpc) is 3.42. The number of guanidine groups is 1. The molecule has 2 rings (SSSR count). The number of hydrogen-bond acceptors (Lipinski definition) is 15. The quantitative estimate of drug-likeness (QED) is 0.0186. The van der Waals surface area contributed by atoms with Crippen LogP contribution in [0.25, 0.3) is 0 Å². The molecule has 0 saturated carbocycles. The predicted octanol–water partition coefficient (Wildman–Crippen LogP) is -2.49. The molecule has 26 heteroatoms. The minimum atomic E-state index is -1.71.